The first kappa shape index (κ1) is 34.9. The van der Waals surface area contributed by atoms with Gasteiger partial charge in [-0.1, -0.05) is 85.0 Å². The molecule has 0 bridgehead atoms. The van der Waals surface area contributed by atoms with Crippen LogP contribution in [0.5, 0.6) is 0 Å². The largest absolute Gasteiger partial charge is 0.488 e. The number of carbonyl (C=O) groups excluding carboxylic acids is 2. The van der Waals surface area contributed by atoms with Gasteiger partial charge < -0.3 is 29.3 Å². The molecule has 2 atom stereocenters. The van der Waals surface area contributed by atoms with Gasteiger partial charge in [0, 0.05) is 32.1 Å². The van der Waals surface area contributed by atoms with Crippen molar-refractivity contribution in [3.05, 3.63) is 90.5 Å². The summed E-state index contributed by atoms with van der Waals surface area (Å²) in [5.41, 5.74) is 0.866. The molecule has 8 nitrogen and oxygen atoms in total. The summed E-state index contributed by atoms with van der Waals surface area (Å²) in [5, 5.41) is 17.1. The molecule has 2 aromatic rings. The van der Waals surface area contributed by atoms with Crippen molar-refractivity contribution in [3.8, 4) is 0 Å². The number of rotatable bonds is 2. The van der Waals surface area contributed by atoms with Crippen molar-refractivity contribution >= 4 is 36.4 Å². The molecular formula is C32H44BClN2O6. The molecule has 0 spiro atoms. The Labute approximate surface area is 255 Å². The van der Waals surface area contributed by atoms with Crippen LogP contribution in [0.3, 0.4) is 0 Å². The SMILES string of the molecule is CC(C)(C)OC(=O)N1CC=CC(Cl)C1.CC(C)(C)OC(=O)N1CC=C[C@H](c2ccccc2)C1.OB(O)c1ccccc1. The molecule has 2 aromatic carbocycles. The van der Waals surface area contributed by atoms with Gasteiger partial charge in [-0.15, -0.1) is 11.6 Å². The molecule has 228 valence electrons. The highest BCUT2D eigenvalue weighted by molar-refractivity contribution is 6.58. The lowest BCUT2D eigenvalue weighted by molar-refractivity contribution is 0.0253. The number of hydrogen-bond donors (Lipinski definition) is 2. The van der Waals surface area contributed by atoms with E-state index >= 15 is 0 Å². The fraction of sp³-hybridized carbons (Fsp3) is 0.438. The summed E-state index contributed by atoms with van der Waals surface area (Å²) < 4.78 is 10.6. The lowest BCUT2D eigenvalue weighted by Crippen LogP contribution is -2.41. The van der Waals surface area contributed by atoms with Crippen LogP contribution in [-0.2, 0) is 9.47 Å². The first-order valence-corrected chi connectivity index (χ1v) is 14.5. The maximum atomic E-state index is 12.1. The van der Waals surface area contributed by atoms with E-state index in [2.05, 4.69) is 18.2 Å². The van der Waals surface area contributed by atoms with Crippen LogP contribution >= 0.6 is 11.6 Å². The van der Waals surface area contributed by atoms with Crippen molar-refractivity contribution in [1.29, 1.82) is 0 Å². The van der Waals surface area contributed by atoms with Gasteiger partial charge in [0.05, 0.1) is 5.38 Å². The second kappa shape index (κ2) is 16.4. The molecule has 0 aliphatic carbocycles. The van der Waals surface area contributed by atoms with Crippen LogP contribution in [0.25, 0.3) is 0 Å². The highest BCUT2D eigenvalue weighted by atomic mass is 35.5. The zero-order valence-corrected chi connectivity index (χ0v) is 26.2. The van der Waals surface area contributed by atoms with Gasteiger partial charge in [-0.05, 0) is 52.6 Å². The van der Waals surface area contributed by atoms with Crippen molar-refractivity contribution in [2.45, 2.75) is 64.0 Å². The zero-order chi connectivity index (χ0) is 31.3. The Bertz CT molecular complexity index is 1160. The maximum absolute atomic E-state index is 12.1. The molecule has 0 aromatic heterocycles. The number of amides is 2. The Morgan fingerprint density at radius 3 is 1.64 bits per heavy atom. The molecule has 0 saturated heterocycles. The van der Waals surface area contributed by atoms with Crippen LogP contribution < -0.4 is 5.46 Å². The maximum Gasteiger partial charge on any atom is 0.488 e. The minimum Gasteiger partial charge on any atom is -0.444 e. The molecule has 10 heteroatoms. The van der Waals surface area contributed by atoms with Crippen LogP contribution in [0.4, 0.5) is 9.59 Å². The zero-order valence-electron chi connectivity index (χ0n) is 25.4. The predicted octanol–water partition coefficient (Wildman–Crippen LogP) is 5.34. The van der Waals surface area contributed by atoms with E-state index in [9.17, 15) is 9.59 Å². The highest BCUT2D eigenvalue weighted by Crippen LogP contribution is 2.23. The minimum atomic E-state index is -1.34. The monoisotopic (exact) mass is 598 g/mol. The van der Waals surface area contributed by atoms with Crippen molar-refractivity contribution in [2.75, 3.05) is 26.2 Å². The van der Waals surface area contributed by atoms with E-state index in [4.69, 9.17) is 31.1 Å². The molecule has 2 heterocycles. The second-order valence-corrected chi connectivity index (χ2v) is 12.5. The summed E-state index contributed by atoms with van der Waals surface area (Å²) >= 11 is 5.89. The van der Waals surface area contributed by atoms with Crippen molar-refractivity contribution in [3.63, 3.8) is 0 Å². The van der Waals surface area contributed by atoms with Gasteiger partial charge in [-0.2, -0.15) is 0 Å². The number of ether oxygens (including phenoxy) is 2. The van der Waals surface area contributed by atoms with Gasteiger partial charge in [-0.25, -0.2) is 9.59 Å². The lowest BCUT2D eigenvalue weighted by atomic mass is 9.81. The van der Waals surface area contributed by atoms with Gasteiger partial charge in [0.2, 0.25) is 0 Å². The van der Waals surface area contributed by atoms with E-state index in [1.165, 1.54) is 5.56 Å². The first-order chi connectivity index (χ1) is 19.6. The van der Waals surface area contributed by atoms with E-state index in [1.54, 1.807) is 34.1 Å². The Balaban J connectivity index is 0.000000235. The first-order valence-electron chi connectivity index (χ1n) is 14.0. The van der Waals surface area contributed by atoms with Crippen LogP contribution in [0, 0.1) is 0 Å². The molecule has 0 saturated carbocycles. The summed E-state index contributed by atoms with van der Waals surface area (Å²) in [5.74, 6) is 0.252. The Kier molecular flexibility index (Phi) is 13.6. The van der Waals surface area contributed by atoms with Crippen LogP contribution in [0.1, 0.15) is 53.0 Å². The van der Waals surface area contributed by atoms with Crippen LogP contribution in [0.2, 0.25) is 0 Å². The predicted molar refractivity (Wildman–Crippen MR) is 169 cm³/mol. The highest BCUT2D eigenvalue weighted by Gasteiger charge is 2.26. The number of carbonyl (C=O) groups is 2. The molecule has 2 amide bonds. The minimum absolute atomic E-state index is 0.101. The number of alkyl halides is 1. The summed E-state index contributed by atoms with van der Waals surface area (Å²) in [6.45, 7) is 13.6. The molecule has 1 unspecified atom stereocenters. The number of hydrogen-bond acceptors (Lipinski definition) is 6. The van der Waals surface area contributed by atoms with Crippen molar-refractivity contribution in [1.82, 2.24) is 9.80 Å². The third-order valence-electron chi connectivity index (χ3n) is 5.81. The van der Waals surface area contributed by atoms with Crippen molar-refractivity contribution < 1.29 is 29.1 Å². The van der Waals surface area contributed by atoms with Gasteiger partial charge in [-0.3, -0.25) is 0 Å². The van der Waals surface area contributed by atoms with E-state index in [0.717, 1.165) is 0 Å². The average molecular weight is 599 g/mol. The Morgan fingerprint density at radius 1 is 0.762 bits per heavy atom. The molecule has 2 N–H and O–H groups in total. The fourth-order valence-corrected chi connectivity index (χ4v) is 4.17. The molecule has 0 radical (unpaired) electrons. The quantitative estimate of drug-likeness (QED) is 0.275. The standard InChI is InChI=1S/C16H21NO2.C10H16ClNO2.C6H7BO2/c1-16(2,3)19-15(18)17-11-7-10-14(12-17)13-8-5-4-6-9-13;1-10(2,3)14-9(13)12-6-4-5-8(11)7-12;8-7(9)6-4-2-1-3-5-6/h4-10,14H,11-12H2,1-3H3;4-5,8H,6-7H2,1-3H3;1-5,8-9H/t14-;;/m0../s1. The molecule has 2 aliphatic heterocycles. The topological polar surface area (TPSA) is 99.5 Å². The number of halogens is 1. The van der Waals surface area contributed by atoms with Gasteiger partial charge in [0.1, 0.15) is 11.2 Å². The van der Waals surface area contributed by atoms with E-state index in [0.29, 0.717) is 31.6 Å². The van der Waals surface area contributed by atoms with Gasteiger partial charge >= 0.3 is 19.3 Å². The van der Waals surface area contributed by atoms with Crippen LogP contribution in [0.15, 0.2) is 85.0 Å². The molecule has 2 aliphatic rings. The molecule has 0 fully saturated rings. The average Bonchev–Trinajstić information content (AvgIpc) is 2.93. The van der Waals surface area contributed by atoms with Crippen molar-refractivity contribution in [2.24, 2.45) is 0 Å². The lowest BCUT2D eigenvalue weighted by Gasteiger charge is -2.31. The van der Waals surface area contributed by atoms with E-state index < -0.39 is 18.3 Å². The number of nitrogens with zero attached hydrogens (tertiary/aromatic N) is 2. The normalized spacial score (nSPS) is 18.1. The van der Waals surface area contributed by atoms with Gasteiger partial charge in [0.15, 0.2) is 0 Å². The van der Waals surface area contributed by atoms with E-state index in [-0.39, 0.29) is 23.5 Å². The smallest absolute Gasteiger partial charge is 0.444 e. The molecular weight excluding hydrogens is 555 g/mol. The molecule has 42 heavy (non-hydrogen) atoms. The summed E-state index contributed by atoms with van der Waals surface area (Å²) in [6, 6.07) is 18.9. The summed E-state index contributed by atoms with van der Waals surface area (Å²) in [7, 11) is -1.34. The Hall–Kier alpha value is -3.27. The van der Waals surface area contributed by atoms with Crippen LogP contribution in [-0.4, -0.2) is 81.9 Å². The van der Waals surface area contributed by atoms with Gasteiger partial charge in [0.25, 0.3) is 0 Å². The number of benzene rings is 2. The molecule has 4 rings (SSSR count). The summed E-state index contributed by atoms with van der Waals surface area (Å²) in [4.78, 5) is 27.0. The Morgan fingerprint density at radius 2 is 1.21 bits per heavy atom. The fourth-order valence-electron chi connectivity index (χ4n) is 3.90. The van der Waals surface area contributed by atoms with E-state index in [1.807, 2.05) is 84.0 Å². The third kappa shape index (κ3) is 13.6. The second-order valence-electron chi connectivity index (χ2n) is 11.9. The summed E-state index contributed by atoms with van der Waals surface area (Å²) in [6.07, 6.45) is 7.43. The third-order valence-corrected chi connectivity index (χ3v) is 6.09.